The maximum atomic E-state index is 12.5. The predicted molar refractivity (Wildman–Crippen MR) is 55.3 cm³/mol. The smallest absolute Gasteiger partial charge is 0.433 e. The molecule has 3 nitrogen and oxygen atoms in total. The van der Waals surface area contributed by atoms with Crippen LogP contribution in [0.4, 0.5) is 13.2 Å². The first kappa shape index (κ1) is 12.2. The third-order valence-corrected chi connectivity index (χ3v) is 2.60. The molecular formula is C11H13F3N2O. The number of nitrogens with two attached hydrogens (primary N) is 1. The van der Waals surface area contributed by atoms with Crippen molar-refractivity contribution in [1.82, 2.24) is 4.98 Å². The highest BCUT2D eigenvalue weighted by Crippen LogP contribution is 2.32. The molecule has 1 saturated carbocycles. The molecule has 2 N–H and O–H groups in total. The number of alkyl halides is 3. The topological polar surface area (TPSA) is 48.1 Å². The highest BCUT2D eigenvalue weighted by atomic mass is 19.4. The Labute approximate surface area is 96.8 Å². The summed E-state index contributed by atoms with van der Waals surface area (Å²) < 4.78 is 42.7. The fourth-order valence-corrected chi connectivity index (χ4v) is 1.39. The number of pyridine rings is 1. The van der Waals surface area contributed by atoms with Gasteiger partial charge in [-0.15, -0.1) is 0 Å². The van der Waals surface area contributed by atoms with Crippen molar-refractivity contribution < 1.29 is 17.9 Å². The fourth-order valence-electron chi connectivity index (χ4n) is 1.39. The minimum atomic E-state index is -4.45. The van der Waals surface area contributed by atoms with E-state index in [0.29, 0.717) is 18.1 Å². The Hall–Kier alpha value is -1.30. The first-order chi connectivity index (χ1) is 8.00. The Balaban J connectivity index is 2.18. The molecule has 1 aromatic heterocycles. The molecule has 1 aliphatic rings. The third kappa shape index (κ3) is 3.09. The van der Waals surface area contributed by atoms with Crippen LogP contribution in [0.3, 0.4) is 0 Å². The maximum Gasteiger partial charge on any atom is 0.433 e. The quantitative estimate of drug-likeness (QED) is 0.887. The number of nitrogens with zero attached hydrogens (tertiary/aromatic N) is 1. The van der Waals surface area contributed by atoms with Gasteiger partial charge in [-0.2, -0.15) is 13.2 Å². The van der Waals surface area contributed by atoms with E-state index in [1.165, 1.54) is 6.07 Å². The van der Waals surface area contributed by atoms with Gasteiger partial charge in [0.2, 0.25) is 5.88 Å². The minimum Gasteiger partial charge on any atom is -0.477 e. The zero-order valence-electron chi connectivity index (χ0n) is 9.13. The van der Waals surface area contributed by atoms with E-state index in [0.717, 1.165) is 18.9 Å². The summed E-state index contributed by atoms with van der Waals surface area (Å²) in [4.78, 5) is 3.49. The van der Waals surface area contributed by atoms with Crippen LogP contribution in [0.1, 0.15) is 24.1 Å². The molecule has 0 bridgehead atoms. The van der Waals surface area contributed by atoms with Crippen LogP contribution < -0.4 is 10.5 Å². The average molecular weight is 246 g/mol. The van der Waals surface area contributed by atoms with Crippen molar-refractivity contribution in [2.45, 2.75) is 25.6 Å². The molecule has 0 spiro atoms. The third-order valence-electron chi connectivity index (χ3n) is 2.60. The highest BCUT2D eigenvalue weighted by Gasteiger charge is 2.33. The molecule has 1 heterocycles. The molecule has 1 aromatic rings. The van der Waals surface area contributed by atoms with Gasteiger partial charge in [-0.3, -0.25) is 0 Å². The highest BCUT2D eigenvalue weighted by molar-refractivity contribution is 5.29. The molecule has 94 valence electrons. The molecule has 0 atom stereocenters. The molecule has 2 rings (SSSR count). The van der Waals surface area contributed by atoms with Crippen LogP contribution in [-0.4, -0.2) is 11.6 Å². The van der Waals surface area contributed by atoms with Gasteiger partial charge >= 0.3 is 6.18 Å². The van der Waals surface area contributed by atoms with Gasteiger partial charge in [0.05, 0.1) is 6.61 Å². The summed E-state index contributed by atoms with van der Waals surface area (Å²) in [6.45, 7) is 0.534. The van der Waals surface area contributed by atoms with Crippen LogP contribution in [0.5, 0.6) is 5.88 Å². The van der Waals surface area contributed by atoms with E-state index in [1.54, 1.807) is 0 Å². The summed E-state index contributed by atoms with van der Waals surface area (Å²) in [5, 5.41) is 0. The van der Waals surface area contributed by atoms with Gasteiger partial charge in [0.1, 0.15) is 5.69 Å². The Bertz CT molecular complexity index is 402. The summed E-state index contributed by atoms with van der Waals surface area (Å²) in [5.41, 5.74) is 4.99. The summed E-state index contributed by atoms with van der Waals surface area (Å²) in [7, 11) is 0. The average Bonchev–Trinajstić information content (AvgIpc) is 3.08. The fraction of sp³-hybridized carbons (Fsp3) is 0.545. The summed E-state index contributed by atoms with van der Waals surface area (Å²) >= 11 is 0. The first-order valence-electron chi connectivity index (χ1n) is 5.40. The normalized spacial score (nSPS) is 16.0. The number of ether oxygens (including phenoxy) is 1. The van der Waals surface area contributed by atoms with Crippen molar-refractivity contribution in [3.63, 3.8) is 0 Å². The lowest BCUT2D eigenvalue weighted by Crippen LogP contribution is -2.12. The van der Waals surface area contributed by atoms with E-state index in [1.807, 2.05) is 0 Å². The SMILES string of the molecule is NCc1ccc(C(F)(F)F)nc1OCC1CC1. The number of halogens is 3. The van der Waals surface area contributed by atoms with Gasteiger partial charge in [-0.05, 0) is 24.8 Å². The molecule has 0 amide bonds. The van der Waals surface area contributed by atoms with Gasteiger partial charge in [-0.25, -0.2) is 4.98 Å². The molecule has 1 aliphatic carbocycles. The Morgan fingerprint density at radius 2 is 2.06 bits per heavy atom. The first-order valence-corrected chi connectivity index (χ1v) is 5.40. The molecule has 0 aliphatic heterocycles. The van der Waals surface area contributed by atoms with E-state index >= 15 is 0 Å². The largest absolute Gasteiger partial charge is 0.477 e. The Morgan fingerprint density at radius 1 is 1.35 bits per heavy atom. The maximum absolute atomic E-state index is 12.5. The molecule has 1 fully saturated rings. The van der Waals surface area contributed by atoms with Gasteiger partial charge < -0.3 is 10.5 Å². The molecule has 17 heavy (non-hydrogen) atoms. The second-order valence-corrected chi connectivity index (χ2v) is 4.12. The van der Waals surface area contributed by atoms with Crippen LogP contribution in [0, 0.1) is 5.92 Å². The van der Waals surface area contributed by atoms with Crippen LogP contribution >= 0.6 is 0 Å². The van der Waals surface area contributed by atoms with Crippen LogP contribution in [0.25, 0.3) is 0 Å². The van der Waals surface area contributed by atoms with Gasteiger partial charge in [-0.1, -0.05) is 6.07 Å². The molecule has 0 aromatic carbocycles. The van der Waals surface area contributed by atoms with E-state index < -0.39 is 11.9 Å². The minimum absolute atomic E-state index is 0.00854. The van der Waals surface area contributed by atoms with Crippen LogP contribution in [-0.2, 0) is 12.7 Å². The van der Waals surface area contributed by atoms with Crippen LogP contribution in [0.15, 0.2) is 12.1 Å². The number of aromatic nitrogens is 1. The number of hydrogen-bond donors (Lipinski definition) is 1. The summed E-state index contributed by atoms with van der Waals surface area (Å²) in [6, 6.07) is 2.24. The van der Waals surface area contributed by atoms with E-state index in [9.17, 15) is 13.2 Å². The van der Waals surface area contributed by atoms with Gasteiger partial charge in [0.25, 0.3) is 0 Å². The van der Waals surface area contributed by atoms with Gasteiger partial charge in [0, 0.05) is 12.1 Å². The predicted octanol–water partition coefficient (Wildman–Crippen LogP) is 2.35. The second kappa shape index (κ2) is 4.52. The molecule has 0 unspecified atom stereocenters. The van der Waals surface area contributed by atoms with Crippen LogP contribution in [0.2, 0.25) is 0 Å². The Kier molecular flexibility index (Phi) is 3.24. The van der Waals surface area contributed by atoms with E-state index in [4.69, 9.17) is 10.5 Å². The molecule has 0 saturated heterocycles. The lowest BCUT2D eigenvalue weighted by Gasteiger charge is -2.12. The zero-order chi connectivity index (χ0) is 12.5. The lowest BCUT2D eigenvalue weighted by atomic mass is 10.2. The summed E-state index contributed by atoms with van der Waals surface area (Å²) in [5.74, 6) is 0.464. The van der Waals surface area contributed by atoms with Gasteiger partial charge in [0.15, 0.2) is 0 Å². The Morgan fingerprint density at radius 3 is 2.59 bits per heavy atom. The molecule has 0 radical (unpaired) electrons. The van der Waals surface area contributed by atoms with Crippen molar-refractivity contribution in [2.75, 3.05) is 6.61 Å². The number of hydrogen-bond acceptors (Lipinski definition) is 3. The zero-order valence-corrected chi connectivity index (χ0v) is 9.13. The summed E-state index contributed by atoms with van der Waals surface area (Å²) in [6.07, 6.45) is -2.32. The van der Waals surface area contributed by atoms with E-state index in [-0.39, 0.29) is 12.4 Å². The van der Waals surface area contributed by atoms with Crippen molar-refractivity contribution in [2.24, 2.45) is 11.7 Å². The second-order valence-electron chi connectivity index (χ2n) is 4.12. The molecule has 6 heteroatoms. The molecular weight excluding hydrogens is 233 g/mol. The van der Waals surface area contributed by atoms with Crippen molar-refractivity contribution in [3.8, 4) is 5.88 Å². The number of rotatable bonds is 4. The van der Waals surface area contributed by atoms with Crippen molar-refractivity contribution >= 4 is 0 Å². The standard InChI is InChI=1S/C11H13F3N2O/c12-11(13,14)9-4-3-8(5-15)10(16-9)17-6-7-1-2-7/h3-4,7H,1-2,5-6,15H2. The lowest BCUT2D eigenvalue weighted by molar-refractivity contribution is -0.141. The monoisotopic (exact) mass is 246 g/mol. The van der Waals surface area contributed by atoms with Crippen molar-refractivity contribution in [3.05, 3.63) is 23.4 Å². The van der Waals surface area contributed by atoms with E-state index in [2.05, 4.69) is 4.98 Å². The van der Waals surface area contributed by atoms with Crippen molar-refractivity contribution in [1.29, 1.82) is 0 Å².